The molecule has 0 aliphatic rings. The molecule has 1 rings (SSSR count). The van der Waals surface area contributed by atoms with Crippen molar-refractivity contribution in [2.24, 2.45) is 0 Å². The van der Waals surface area contributed by atoms with E-state index in [1.54, 1.807) is 0 Å². The lowest BCUT2D eigenvalue weighted by Gasteiger charge is -2.17. The van der Waals surface area contributed by atoms with Gasteiger partial charge in [-0.2, -0.15) is 0 Å². The Balaban J connectivity index is 2.63. The Morgan fingerprint density at radius 3 is 2.38 bits per heavy atom. The fourth-order valence-corrected chi connectivity index (χ4v) is 1.38. The second kappa shape index (κ2) is 5.75. The first-order valence-electron chi connectivity index (χ1n) is 4.88. The third-order valence-corrected chi connectivity index (χ3v) is 1.96. The summed E-state index contributed by atoms with van der Waals surface area (Å²) in [5.41, 5.74) is 0.954. The van der Waals surface area contributed by atoms with Crippen LogP contribution in [0.4, 0.5) is 4.79 Å². The smallest absolute Gasteiger partial charge is 0.406 e. The number of hydrogen-bond donors (Lipinski definition) is 3. The highest BCUT2D eigenvalue weighted by molar-refractivity contribution is 5.74. The second-order valence-electron chi connectivity index (χ2n) is 3.39. The van der Waals surface area contributed by atoms with E-state index in [9.17, 15) is 9.59 Å². The molecule has 0 radical (unpaired) electrons. The van der Waals surface area contributed by atoms with Gasteiger partial charge in [0.2, 0.25) is 5.91 Å². The zero-order valence-electron chi connectivity index (χ0n) is 8.93. The van der Waals surface area contributed by atoms with Crippen LogP contribution < -0.4 is 10.6 Å². The first kappa shape index (κ1) is 12.0. The highest BCUT2D eigenvalue weighted by Crippen LogP contribution is 2.01. The van der Waals surface area contributed by atoms with Crippen molar-refractivity contribution in [3.05, 3.63) is 35.9 Å². The van der Waals surface area contributed by atoms with Crippen LogP contribution in [0.15, 0.2) is 30.3 Å². The molecule has 0 heterocycles. The predicted octanol–water partition coefficient (Wildman–Crippen LogP) is 0.959. The fourth-order valence-electron chi connectivity index (χ4n) is 1.38. The predicted molar refractivity (Wildman–Crippen MR) is 58.9 cm³/mol. The molecule has 5 nitrogen and oxygen atoms in total. The maximum atomic E-state index is 10.9. The van der Waals surface area contributed by atoms with Gasteiger partial charge in [-0.3, -0.25) is 4.79 Å². The van der Waals surface area contributed by atoms with Gasteiger partial charge >= 0.3 is 6.09 Å². The number of rotatable bonds is 4. The SMILES string of the molecule is CC(=O)N[C@H](Cc1ccccc1)NC(=O)O. The van der Waals surface area contributed by atoms with Crippen LogP contribution in [0.2, 0.25) is 0 Å². The summed E-state index contributed by atoms with van der Waals surface area (Å²) in [6.45, 7) is 1.35. The Morgan fingerprint density at radius 2 is 1.88 bits per heavy atom. The molecular weight excluding hydrogens is 208 g/mol. The summed E-state index contributed by atoms with van der Waals surface area (Å²) < 4.78 is 0. The number of carboxylic acid groups (broad SMARTS) is 1. The van der Waals surface area contributed by atoms with Crippen LogP contribution in [0.3, 0.4) is 0 Å². The van der Waals surface area contributed by atoms with Crippen molar-refractivity contribution in [1.82, 2.24) is 10.6 Å². The molecule has 0 saturated heterocycles. The molecule has 16 heavy (non-hydrogen) atoms. The molecule has 0 fully saturated rings. The van der Waals surface area contributed by atoms with Crippen molar-refractivity contribution in [3.8, 4) is 0 Å². The minimum atomic E-state index is -1.16. The minimum absolute atomic E-state index is 0.269. The molecule has 86 valence electrons. The summed E-state index contributed by atoms with van der Waals surface area (Å²) in [4.78, 5) is 21.4. The molecule has 5 heteroatoms. The fraction of sp³-hybridized carbons (Fsp3) is 0.273. The summed E-state index contributed by atoms with van der Waals surface area (Å²) in [5.74, 6) is -0.269. The van der Waals surface area contributed by atoms with Crippen LogP contribution in [-0.4, -0.2) is 23.3 Å². The average Bonchev–Trinajstić information content (AvgIpc) is 2.16. The average molecular weight is 222 g/mol. The van der Waals surface area contributed by atoms with E-state index < -0.39 is 12.3 Å². The number of hydrogen-bond acceptors (Lipinski definition) is 2. The van der Waals surface area contributed by atoms with Crippen molar-refractivity contribution in [2.45, 2.75) is 19.5 Å². The zero-order valence-corrected chi connectivity index (χ0v) is 8.93. The molecule has 1 aromatic carbocycles. The van der Waals surface area contributed by atoms with Gasteiger partial charge < -0.3 is 15.7 Å². The summed E-state index contributed by atoms with van der Waals surface area (Å²) in [6.07, 6.45) is -1.33. The summed E-state index contributed by atoms with van der Waals surface area (Å²) in [7, 11) is 0. The monoisotopic (exact) mass is 222 g/mol. The lowest BCUT2D eigenvalue weighted by Crippen LogP contribution is -2.48. The van der Waals surface area contributed by atoms with E-state index in [1.165, 1.54) is 6.92 Å². The van der Waals surface area contributed by atoms with Gasteiger partial charge in [-0.25, -0.2) is 4.79 Å². The summed E-state index contributed by atoms with van der Waals surface area (Å²) >= 11 is 0. The number of nitrogens with one attached hydrogen (secondary N) is 2. The first-order chi connectivity index (χ1) is 7.58. The molecule has 0 aliphatic heterocycles. The van der Waals surface area contributed by atoms with Crippen LogP contribution in [0, 0.1) is 0 Å². The van der Waals surface area contributed by atoms with Gasteiger partial charge in [-0.1, -0.05) is 30.3 Å². The molecule has 0 saturated carbocycles. The van der Waals surface area contributed by atoms with Crippen LogP contribution >= 0.6 is 0 Å². The third-order valence-electron chi connectivity index (χ3n) is 1.96. The Morgan fingerprint density at radius 1 is 1.25 bits per heavy atom. The summed E-state index contributed by atoms with van der Waals surface area (Å²) in [6, 6.07) is 9.35. The quantitative estimate of drug-likeness (QED) is 0.664. The molecule has 0 unspecified atom stereocenters. The standard InChI is InChI=1S/C11H14N2O3/c1-8(14)12-10(13-11(15)16)7-9-5-3-2-4-6-9/h2-6,10,13H,7H2,1H3,(H,12,14)(H,15,16)/t10-/m0/s1. The topological polar surface area (TPSA) is 78.4 Å². The number of carbonyl (C=O) groups excluding carboxylic acids is 1. The van der Waals surface area contributed by atoms with Gasteiger partial charge in [-0.15, -0.1) is 0 Å². The molecule has 1 aromatic rings. The van der Waals surface area contributed by atoms with Gasteiger partial charge in [0, 0.05) is 13.3 Å². The van der Waals surface area contributed by atoms with Crippen molar-refractivity contribution < 1.29 is 14.7 Å². The van der Waals surface area contributed by atoms with Crippen molar-refractivity contribution in [2.75, 3.05) is 0 Å². The maximum Gasteiger partial charge on any atom is 0.406 e. The number of amides is 2. The highest BCUT2D eigenvalue weighted by Gasteiger charge is 2.12. The lowest BCUT2D eigenvalue weighted by atomic mass is 10.1. The molecule has 0 aromatic heterocycles. The van der Waals surface area contributed by atoms with Crippen LogP contribution in [0.1, 0.15) is 12.5 Å². The van der Waals surface area contributed by atoms with E-state index >= 15 is 0 Å². The molecule has 0 bridgehead atoms. The Kier molecular flexibility index (Phi) is 4.32. The Labute approximate surface area is 93.5 Å². The lowest BCUT2D eigenvalue weighted by molar-refractivity contribution is -0.119. The van der Waals surface area contributed by atoms with E-state index in [2.05, 4.69) is 10.6 Å². The maximum absolute atomic E-state index is 10.9. The van der Waals surface area contributed by atoms with Gasteiger partial charge in [0.05, 0.1) is 0 Å². The van der Waals surface area contributed by atoms with Crippen LogP contribution in [-0.2, 0) is 11.2 Å². The van der Waals surface area contributed by atoms with E-state index in [1.807, 2.05) is 30.3 Å². The first-order valence-corrected chi connectivity index (χ1v) is 4.88. The molecule has 3 N–H and O–H groups in total. The van der Waals surface area contributed by atoms with E-state index in [4.69, 9.17) is 5.11 Å². The van der Waals surface area contributed by atoms with E-state index in [0.29, 0.717) is 6.42 Å². The highest BCUT2D eigenvalue weighted by atomic mass is 16.4. The zero-order chi connectivity index (χ0) is 12.0. The second-order valence-corrected chi connectivity index (χ2v) is 3.39. The number of benzene rings is 1. The van der Waals surface area contributed by atoms with Gasteiger partial charge in [0.15, 0.2) is 0 Å². The van der Waals surface area contributed by atoms with Crippen molar-refractivity contribution in [3.63, 3.8) is 0 Å². The van der Waals surface area contributed by atoms with E-state index in [-0.39, 0.29) is 5.91 Å². The van der Waals surface area contributed by atoms with Crippen molar-refractivity contribution >= 4 is 12.0 Å². The summed E-state index contributed by atoms with van der Waals surface area (Å²) in [5, 5.41) is 13.4. The Bertz CT molecular complexity index is 349. The van der Waals surface area contributed by atoms with Crippen molar-refractivity contribution in [1.29, 1.82) is 0 Å². The molecular formula is C11H14N2O3. The normalized spacial score (nSPS) is 11.6. The Hall–Kier alpha value is -2.04. The molecule has 2 amide bonds. The molecule has 1 atom stereocenters. The third kappa shape index (κ3) is 4.45. The van der Waals surface area contributed by atoms with Gasteiger partial charge in [-0.05, 0) is 5.56 Å². The van der Waals surface area contributed by atoms with E-state index in [0.717, 1.165) is 5.56 Å². The van der Waals surface area contributed by atoms with Crippen LogP contribution in [0.5, 0.6) is 0 Å². The van der Waals surface area contributed by atoms with Gasteiger partial charge in [0.25, 0.3) is 0 Å². The minimum Gasteiger partial charge on any atom is -0.465 e. The van der Waals surface area contributed by atoms with Gasteiger partial charge in [0.1, 0.15) is 6.17 Å². The molecule has 0 aliphatic carbocycles. The largest absolute Gasteiger partial charge is 0.465 e. The number of carbonyl (C=O) groups is 2. The van der Waals surface area contributed by atoms with Crippen LogP contribution in [0.25, 0.3) is 0 Å². The molecule has 0 spiro atoms.